The molecule has 1 aromatic rings. The maximum Gasteiger partial charge on any atom is 0.349 e. The van der Waals surface area contributed by atoms with E-state index in [1.165, 1.54) is 6.08 Å². The second kappa shape index (κ2) is 10.1. The minimum atomic E-state index is -0.802. The lowest BCUT2D eigenvalue weighted by molar-refractivity contribution is -0.144. The summed E-state index contributed by atoms with van der Waals surface area (Å²) in [5, 5.41) is 12.0. The fraction of sp³-hybridized carbons (Fsp3) is 0.571. The first-order chi connectivity index (χ1) is 13.3. The Hall–Kier alpha value is -2.59. The van der Waals surface area contributed by atoms with Crippen molar-refractivity contribution >= 4 is 18.0 Å². The highest BCUT2D eigenvalue weighted by Gasteiger charge is 2.18. The Morgan fingerprint density at radius 3 is 2.82 bits per heavy atom. The maximum atomic E-state index is 12.2. The Bertz CT molecular complexity index is 780. The van der Waals surface area contributed by atoms with Crippen LogP contribution < -0.4 is 5.32 Å². The molecule has 7 nitrogen and oxygen atoms in total. The number of aromatic nitrogens is 1. The van der Waals surface area contributed by atoms with E-state index in [1.54, 1.807) is 0 Å². The topological polar surface area (TPSA) is 93.3 Å². The van der Waals surface area contributed by atoms with Gasteiger partial charge in [0.2, 0.25) is 0 Å². The van der Waals surface area contributed by atoms with Crippen LogP contribution in [0.2, 0.25) is 0 Å². The van der Waals surface area contributed by atoms with E-state index in [2.05, 4.69) is 23.7 Å². The summed E-state index contributed by atoms with van der Waals surface area (Å²) in [7, 11) is 0. The van der Waals surface area contributed by atoms with Crippen molar-refractivity contribution in [1.29, 1.82) is 5.26 Å². The van der Waals surface area contributed by atoms with Crippen molar-refractivity contribution in [3.63, 3.8) is 0 Å². The van der Waals surface area contributed by atoms with E-state index < -0.39 is 18.5 Å². The van der Waals surface area contributed by atoms with Gasteiger partial charge in [-0.2, -0.15) is 5.26 Å². The molecule has 0 aromatic carbocycles. The maximum absolute atomic E-state index is 12.2. The van der Waals surface area contributed by atoms with Crippen molar-refractivity contribution in [2.45, 2.75) is 53.2 Å². The molecule has 0 spiro atoms. The predicted octanol–water partition coefficient (Wildman–Crippen LogP) is 2.51. The first kappa shape index (κ1) is 21.7. The molecule has 1 aromatic heterocycles. The van der Waals surface area contributed by atoms with E-state index in [1.807, 2.05) is 26.0 Å². The van der Waals surface area contributed by atoms with Gasteiger partial charge in [0.05, 0.1) is 6.10 Å². The normalized spacial score (nSPS) is 16.9. The number of aryl methyl sites for hydroxylation is 1. The first-order valence-corrected chi connectivity index (χ1v) is 9.65. The van der Waals surface area contributed by atoms with E-state index in [9.17, 15) is 14.9 Å². The summed E-state index contributed by atoms with van der Waals surface area (Å²) in [4.78, 5) is 24.0. The lowest BCUT2D eigenvalue weighted by Crippen LogP contribution is -2.34. The molecule has 1 aliphatic rings. The van der Waals surface area contributed by atoms with Crippen molar-refractivity contribution in [3.05, 3.63) is 28.6 Å². The third-order valence-electron chi connectivity index (χ3n) is 4.69. The number of nitriles is 1. The molecule has 152 valence electrons. The number of rotatable bonds is 8. The Labute approximate surface area is 166 Å². The Morgan fingerprint density at radius 1 is 1.46 bits per heavy atom. The Kier molecular flexibility index (Phi) is 7.82. The van der Waals surface area contributed by atoms with Gasteiger partial charge in [-0.3, -0.25) is 4.79 Å². The molecular weight excluding hydrogens is 358 g/mol. The van der Waals surface area contributed by atoms with E-state index in [0.29, 0.717) is 19.1 Å². The molecule has 0 bridgehead atoms. The summed E-state index contributed by atoms with van der Waals surface area (Å²) in [6, 6.07) is 3.81. The van der Waals surface area contributed by atoms with Crippen LogP contribution in [0, 0.1) is 31.1 Å². The van der Waals surface area contributed by atoms with Gasteiger partial charge in [0.25, 0.3) is 5.91 Å². The van der Waals surface area contributed by atoms with E-state index in [-0.39, 0.29) is 11.7 Å². The molecule has 7 heteroatoms. The second-order valence-electron chi connectivity index (χ2n) is 7.52. The molecule has 2 heterocycles. The molecule has 1 fully saturated rings. The van der Waals surface area contributed by atoms with Crippen LogP contribution in [0.1, 0.15) is 43.6 Å². The summed E-state index contributed by atoms with van der Waals surface area (Å²) >= 11 is 0. The number of amides is 1. The predicted molar refractivity (Wildman–Crippen MR) is 105 cm³/mol. The molecular formula is C21H29N3O4. The minimum absolute atomic E-state index is 0.0234. The van der Waals surface area contributed by atoms with Crippen LogP contribution in [-0.4, -0.2) is 42.3 Å². The van der Waals surface area contributed by atoms with Crippen LogP contribution in [0.4, 0.5) is 0 Å². The number of esters is 1. The smallest absolute Gasteiger partial charge is 0.349 e. The van der Waals surface area contributed by atoms with Gasteiger partial charge >= 0.3 is 5.97 Å². The highest BCUT2D eigenvalue weighted by atomic mass is 16.5. The van der Waals surface area contributed by atoms with Crippen molar-refractivity contribution in [2.75, 3.05) is 19.8 Å². The quantitative estimate of drug-likeness (QED) is 0.420. The fourth-order valence-corrected chi connectivity index (χ4v) is 3.21. The molecule has 1 aliphatic heterocycles. The zero-order valence-corrected chi connectivity index (χ0v) is 17.1. The lowest BCUT2D eigenvalue weighted by atomic mass is 10.1. The average molecular weight is 387 g/mol. The largest absolute Gasteiger partial charge is 0.451 e. The van der Waals surface area contributed by atoms with Crippen LogP contribution in [-0.2, 0) is 25.6 Å². The highest BCUT2D eigenvalue weighted by Crippen LogP contribution is 2.20. The number of nitrogens with zero attached hydrogens (tertiary/aromatic N) is 2. The molecule has 1 atom stereocenters. The van der Waals surface area contributed by atoms with Gasteiger partial charge in [-0.15, -0.1) is 0 Å². The lowest BCUT2D eigenvalue weighted by Gasteiger charge is -2.12. The third-order valence-corrected chi connectivity index (χ3v) is 4.69. The van der Waals surface area contributed by atoms with Gasteiger partial charge in [0, 0.05) is 31.1 Å². The number of carbonyl (C=O) groups excluding carboxylic acids is 2. The molecule has 0 saturated carbocycles. The molecule has 1 saturated heterocycles. The molecule has 2 rings (SSSR count). The van der Waals surface area contributed by atoms with Crippen molar-refractivity contribution in [2.24, 2.45) is 5.92 Å². The van der Waals surface area contributed by atoms with Gasteiger partial charge in [-0.05, 0) is 50.3 Å². The average Bonchev–Trinajstić information content (AvgIpc) is 3.26. The zero-order chi connectivity index (χ0) is 20.7. The van der Waals surface area contributed by atoms with E-state index in [0.717, 1.165) is 36.3 Å². The van der Waals surface area contributed by atoms with Gasteiger partial charge < -0.3 is 19.4 Å². The van der Waals surface area contributed by atoms with Crippen LogP contribution in [0.5, 0.6) is 0 Å². The molecule has 0 aliphatic carbocycles. The number of hydrogen-bond acceptors (Lipinski definition) is 5. The van der Waals surface area contributed by atoms with Gasteiger partial charge in [0.15, 0.2) is 6.61 Å². The zero-order valence-electron chi connectivity index (χ0n) is 17.1. The first-order valence-electron chi connectivity index (χ1n) is 9.65. The number of hydrogen-bond donors (Lipinski definition) is 1. The summed E-state index contributed by atoms with van der Waals surface area (Å²) in [6.45, 7) is 9.78. The number of ether oxygens (including phenoxy) is 2. The van der Waals surface area contributed by atoms with Crippen LogP contribution in [0.3, 0.4) is 0 Å². The number of nitrogens with one attached hydrogen (secondary N) is 1. The Morgan fingerprint density at radius 2 is 2.21 bits per heavy atom. The standard InChI is InChI=1S/C21H29N3O4/c1-14(2)12-24-15(3)8-17(16(24)4)9-18(10-22)21(26)28-13-20(25)23-11-19-6-5-7-27-19/h8-9,14,19H,5-7,11-13H2,1-4H3,(H,23,25)/b18-9+/t19-/m0/s1. The summed E-state index contributed by atoms with van der Waals surface area (Å²) in [5.74, 6) is -0.727. The van der Waals surface area contributed by atoms with Crippen LogP contribution in [0.25, 0.3) is 6.08 Å². The molecule has 28 heavy (non-hydrogen) atoms. The number of carbonyl (C=O) groups is 2. The third kappa shape index (κ3) is 5.96. The summed E-state index contributed by atoms with van der Waals surface area (Å²) < 4.78 is 12.6. The van der Waals surface area contributed by atoms with Crippen molar-refractivity contribution in [1.82, 2.24) is 9.88 Å². The van der Waals surface area contributed by atoms with Crippen molar-refractivity contribution < 1.29 is 19.1 Å². The summed E-state index contributed by atoms with van der Waals surface area (Å²) in [6.07, 6.45) is 3.45. The monoisotopic (exact) mass is 387 g/mol. The molecule has 1 amide bonds. The van der Waals surface area contributed by atoms with Crippen molar-refractivity contribution in [3.8, 4) is 6.07 Å². The van der Waals surface area contributed by atoms with Crippen LogP contribution >= 0.6 is 0 Å². The van der Waals surface area contributed by atoms with Gasteiger partial charge in [-0.1, -0.05) is 13.8 Å². The van der Waals surface area contributed by atoms with Gasteiger partial charge in [-0.25, -0.2) is 4.79 Å². The van der Waals surface area contributed by atoms with Crippen LogP contribution in [0.15, 0.2) is 11.6 Å². The van der Waals surface area contributed by atoms with E-state index in [4.69, 9.17) is 9.47 Å². The summed E-state index contributed by atoms with van der Waals surface area (Å²) in [5.41, 5.74) is 2.73. The molecule has 0 unspecified atom stereocenters. The minimum Gasteiger partial charge on any atom is -0.451 e. The Balaban J connectivity index is 1.95. The van der Waals surface area contributed by atoms with Gasteiger partial charge in [0.1, 0.15) is 11.6 Å². The highest BCUT2D eigenvalue weighted by molar-refractivity contribution is 5.99. The molecule has 0 radical (unpaired) electrons. The second-order valence-corrected chi connectivity index (χ2v) is 7.52. The van der Waals surface area contributed by atoms with E-state index >= 15 is 0 Å². The molecule has 1 N–H and O–H groups in total. The SMILES string of the molecule is Cc1cc(/C=C(\C#N)C(=O)OCC(=O)NC[C@@H]2CCCO2)c(C)n1CC(C)C. The fourth-order valence-electron chi connectivity index (χ4n) is 3.21.